The van der Waals surface area contributed by atoms with Crippen LogP contribution < -0.4 is 4.90 Å². The zero-order valence-corrected chi connectivity index (χ0v) is 34.4. The SMILES string of the molecule is c1ccc(-c2ccc(N(c3ccc(-c4cc(-c5ccccc5)cc(-c5cccc6oc7ccccc7c56)c4)cc3)c3ccc4c5ccccc5n(-c5ccccc5)c4c3)cc2)cc1. The lowest BCUT2D eigenvalue weighted by atomic mass is 9.91. The van der Waals surface area contributed by atoms with Gasteiger partial charge in [-0.2, -0.15) is 0 Å². The molecule has 0 N–H and O–H groups in total. The summed E-state index contributed by atoms with van der Waals surface area (Å²) in [5.41, 5.74) is 17.8. The van der Waals surface area contributed by atoms with Gasteiger partial charge in [-0.3, -0.25) is 0 Å². The van der Waals surface area contributed by atoms with Crippen molar-refractivity contribution in [2.45, 2.75) is 0 Å². The van der Waals surface area contributed by atoms with E-state index >= 15 is 0 Å². The zero-order chi connectivity index (χ0) is 41.7. The van der Waals surface area contributed by atoms with Crippen LogP contribution in [0.2, 0.25) is 0 Å². The maximum atomic E-state index is 6.34. The van der Waals surface area contributed by atoms with E-state index in [4.69, 9.17) is 4.42 Å². The molecular weight excluding hydrogens is 765 g/mol. The number of para-hydroxylation sites is 3. The number of fused-ring (bicyclic) bond motifs is 6. The van der Waals surface area contributed by atoms with Gasteiger partial charge in [0.05, 0.1) is 11.0 Å². The van der Waals surface area contributed by atoms with Crippen LogP contribution in [0.1, 0.15) is 0 Å². The van der Waals surface area contributed by atoms with Crippen LogP contribution in [-0.4, -0.2) is 4.57 Å². The van der Waals surface area contributed by atoms with E-state index in [1.165, 1.54) is 38.5 Å². The normalized spacial score (nSPS) is 11.5. The van der Waals surface area contributed by atoms with Crippen molar-refractivity contribution in [1.29, 1.82) is 0 Å². The van der Waals surface area contributed by atoms with Crippen LogP contribution in [0.4, 0.5) is 17.1 Å². The van der Waals surface area contributed by atoms with E-state index in [1.54, 1.807) is 0 Å². The maximum Gasteiger partial charge on any atom is 0.136 e. The van der Waals surface area contributed by atoms with Crippen molar-refractivity contribution in [3.8, 4) is 50.2 Å². The Morgan fingerprint density at radius 1 is 0.302 bits per heavy atom. The minimum absolute atomic E-state index is 0.893. The lowest BCUT2D eigenvalue weighted by molar-refractivity contribution is 0.669. The Kier molecular flexibility index (Phi) is 8.83. The molecule has 0 radical (unpaired) electrons. The number of aromatic nitrogens is 1. The Morgan fingerprint density at radius 2 is 0.794 bits per heavy atom. The van der Waals surface area contributed by atoms with E-state index in [0.29, 0.717) is 0 Å². The number of anilines is 3. The predicted molar refractivity (Wildman–Crippen MR) is 264 cm³/mol. The van der Waals surface area contributed by atoms with E-state index in [9.17, 15) is 0 Å². The second kappa shape index (κ2) is 15.3. The first-order chi connectivity index (χ1) is 31.2. The third kappa shape index (κ3) is 6.46. The lowest BCUT2D eigenvalue weighted by Gasteiger charge is -2.26. The quantitative estimate of drug-likeness (QED) is 0.153. The fourth-order valence-corrected chi connectivity index (χ4v) is 9.40. The van der Waals surface area contributed by atoms with Crippen LogP contribution in [0, 0.1) is 0 Å². The van der Waals surface area contributed by atoms with E-state index in [2.05, 4.69) is 246 Å². The summed E-state index contributed by atoms with van der Waals surface area (Å²) in [5.74, 6) is 0. The molecule has 2 aromatic heterocycles. The second-order valence-electron chi connectivity index (χ2n) is 16.1. The van der Waals surface area contributed by atoms with Crippen LogP contribution >= 0.6 is 0 Å². The summed E-state index contributed by atoms with van der Waals surface area (Å²) >= 11 is 0. The number of nitrogens with zero attached hydrogens (tertiary/aromatic N) is 2. The number of hydrogen-bond acceptors (Lipinski definition) is 2. The molecule has 0 atom stereocenters. The molecule has 0 aliphatic rings. The molecule has 296 valence electrons. The monoisotopic (exact) mass is 804 g/mol. The van der Waals surface area contributed by atoms with Gasteiger partial charge in [0.1, 0.15) is 11.2 Å². The Labute approximate surface area is 366 Å². The lowest BCUT2D eigenvalue weighted by Crippen LogP contribution is -2.10. The highest BCUT2D eigenvalue weighted by atomic mass is 16.3. The Balaban J connectivity index is 1.01. The van der Waals surface area contributed by atoms with Crippen molar-refractivity contribution >= 4 is 60.8 Å². The van der Waals surface area contributed by atoms with Crippen LogP contribution in [0.25, 0.3) is 93.9 Å². The van der Waals surface area contributed by atoms with E-state index < -0.39 is 0 Å². The first-order valence-electron chi connectivity index (χ1n) is 21.5. The molecule has 12 rings (SSSR count). The minimum Gasteiger partial charge on any atom is -0.456 e. The summed E-state index contributed by atoms with van der Waals surface area (Å²) in [4.78, 5) is 2.38. The number of benzene rings is 10. The van der Waals surface area contributed by atoms with E-state index in [-0.39, 0.29) is 0 Å². The Morgan fingerprint density at radius 3 is 1.48 bits per heavy atom. The number of hydrogen-bond donors (Lipinski definition) is 0. The largest absolute Gasteiger partial charge is 0.456 e. The molecule has 63 heavy (non-hydrogen) atoms. The zero-order valence-electron chi connectivity index (χ0n) is 34.4. The molecule has 0 bridgehead atoms. The molecule has 3 heteroatoms. The van der Waals surface area contributed by atoms with Crippen molar-refractivity contribution < 1.29 is 4.42 Å². The standard InChI is InChI=1S/C60H40N2O/c1-4-15-41(16-5-1)43-27-31-49(32-28-43)61(51-35-36-54-53-21-10-12-24-56(53)62(57(54)40-51)48-19-8-3-9-20-48)50-33-29-44(30-34-50)46-37-45(42-17-6-2-7-18-42)38-47(39-46)52-23-14-26-59-60(52)55-22-11-13-25-58(55)63-59/h1-40H. The van der Waals surface area contributed by atoms with Gasteiger partial charge in [-0.05, 0) is 129 Å². The molecule has 0 unspecified atom stereocenters. The van der Waals surface area contributed by atoms with Gasteiger partial charge in [0.25, 0.3) is 0 Å². The average molecular weight is 805 g/mol. The molecule has 0 fully saturated rings. The molecule has 0 amide bonds. The highest BCUT2D eigenvalue weighted by Gasteiger charge is 2.19. The van der Waals surface area contributed by atoms with Gasteiger partial charge in [-0.25, -0.2) is 0 Å². The van der Waals surface area contributed by atoms with Crippen molar-refractivity contribution in [3.63, 3.8) is 0 Å². The van der Waals surface area contributed by atoms with Crippen LogP contribution in [0.3, 0.4) is 0 Å². The van der Waals surface area contributed by atoms with Crippen LogP contribution in [0.5, 0.6) is 0 Å². The topological polar surface area (TPSA) is 21.3 Å². The summed E-state index contributed by atoms with van der Waals surface area (Å²) in [6.07, 6.45) is 0. The number of furan rings is 1. The van der Waals surface area contributed by atoms with Crippen LogP contribution in [-0.2, 0) is 0 Å². The smallest absolute Gasteiger partial charge is 0.136 e. The van der Waals surface area contributed by atoms with Crippen LogP contribution in [0.15, 0.2) is 247 Å². The third-order valence-corrected chi connectivity index (χ3v) is 12.4. The van der Waals surface area contributed by atoms with Crippen molar-refractivity contribution in [2.75, 3.05) is 4.90 Å². The molecule has 12 aromatic rings. The van der Waals surface area contributed by atoms with Gasteiger partial charge in [-0.15, -0.1) is 0 Å². The van der Waals surface area contributed by atoms with Gasteiger partial charge in [0, 0.05) is 44.3 Å². The Bertz CT molecular complexity index is 3590. The molecule has 3 nitrogen and oxygen atoms in total. The molecule has 10 aromatic carbocycles. The average Bonchev–Trinajstić information content (AvgIpc) is 3.91. The van der Waals surface area contributed by atoms with Crippen molar-refractivity contribution in [1.82, 2.24) is 4.57 Å². The first-order valence-corrected chi connectivity index (χ1v) is 21.5. The molecule has 0 saturated carbocycles. The fourth-order valence-electron chi connectivity index (χ4n) is 9.40. The Hall–Kier alpha value is -8.40. The first kappa shape index (κ1) is 36.5. The molecule has 0 saturated heterocycles. The van der Waals surface area contributed by atoms with E-state index in [0.717, 1.165) is 72.5 Å². The molecule has 0 aliphatic heterocycles. The van der Waals surface area contributed by atoms with Gasteiger partial charge in [-0.1, -0.05) is 158 Å². The second-order valence-corrected chi connectivity index (χ2v) is 16.1. The van der Waals surface area contributed by atoms with Crippen molar-refractivity contribution in [2.24, 2.45) is 0 Å². The minimum atomic E-state index is 0.893. The third-order valence-electron chi connectivity index (χ3n) is 12.4. The molecular formula is C60H40N2O. The predicted octanol–water partition coefficient (Wildman–Crippen LogP) is 16.8. The molecule has 2 heterocycles. The highest BCUT2D eigenvalue weighted by molar-refractivity contribution is 6.13. The maximum absolute atomic E-state index is 6.34. The summed E-state index contributed by atoms with van der Waals surface area (Å²) in [5, 5.41) is 4.72. The van der Waals surface area contributed by atoms with Crippen molar-refractivity contribution in [3.05, 3.63) is 243 Å². The van der Waals surface area contributed by atoms with E-state index in [1.807, 2.05) is 6.07 Å². The van der Waals surface area contributed by atoms with Gasteiger partial charge in [0.2, 0.25) is 0 Å². The van der Waals surface area contributed by atoms with Gasteiger partial charge in [0.15, 0.2) is 0 Å². The molecule has 0 spiro atoms. The summed E-state index contributed by atoms with van der Waals surface area (Å²) in [6.45, 7) is 0. The highest BCUT2D eigenvalue weighted by Crippen LogP contribution is 2.43. The summed E-state index contributed by atoms with van der Waals surface area (Å²) < 4.78 is 8.73. The fraction of sp³-hybridized carbons (Fsp3) is 0. The summed E-state index contributed by atoms with van der Waals surface area (Å²) in [7, 11) is 0. The van der Waals surface area contributed by atoms with Gasteiger partial charge >= 0.3 is 0 Å². The summed E-state index contributed by atoms with van der Waals surface area (Å²) in [6, 6.07) is 87.2. The number of rotatable bonds is 8. The molecule has 0 aliphatic carbocycles. The van der Waals surface area contributed by atoms with Gasteiger partial charge < -0.3 is 13.9 Å².